The minimum Gasteiger partial charge on any atom is -0.492 e. The first-order chi connectivity index (χ1) is 9.31. The molecule has 1 aromatic rings. The molecule has 0 aromatic heterocycles. The van der Waals surface area contributed by atoms with Crippen molar-refractivity contribution < 1.29 is 4.74 Å². The molecule has 102 valence electrons. The first kappa shape index (κ1) is 13.9. The van der Waals surface area contributed by atoms with Gasteiger partial charge in [-0.1, -0.05) is 19.1 Å². The molecule has 0 N–H and O–H groups in total. The molecule has 3 heteroatoms. The van der Waals surface area contributed by atoms with Gasteiger partial charge in [-0.3, -0.25) is 4.90 Å². The van der Waals surface area contributed by atoms with Gasteiger partial charge in [0.1, 0.15) is 12.4 Å². The fourth-order valence-electron chi connectivity index (χ4n) is 2.43. The second kappa shape index (κ2) is 7.16. The lowest BCUT2D eigenvalue weighted by atomic mass is 9.99. The third kappa shape index (κ3) is 4.25. The highest BCUT2D eigenvalue weighted by atomic mass is 16.5. The molecule has 3 nitrogen and oxygen atoms in total. The van der Waals surface area contributed by atoms with Gasteiger partial charge < -0.3 is 4.74 Å². The Morgan fingerprint density at radius 2 is 2.16 bits per heavy atom. The Balaban J connectivity index is 1.70. The molecule has 1 saturated heterocycles. The highest BCUT2D eigenvalue weighted by molar-refractivity contribution is 5.28. The van der Waals surface area contributed by atoms with Crippen molar-refractivity contribution in [2.75, 3.05) is 26.2 Å². The molecule has 0 amide bonds. The number of hydrogen-bond donors (Lipinski definition) is 0. The average Bonchev–Trinajstić information content (AvgIpc) is 2.48. The van der Waals surface area contributed by atoms with Crippen LogP contribution >= 0.6 is 0 Å². The molecule has 19 heavy (non-hydrogen) atoms. The van der Waals surface area contributed by atoms with Gasteiger partial charge in [-0.15, -0.1) is 0 Å². The summed E-state index contributed by atoms with van der Waals surface area (Å²) < 4.78 is 5.80. The van der Waals surface area contributed by atoms with Gasteiger partial charge in [0.05, 0.1) is 6.07 Å². The third-order valence-corrected chi connectivity index (χ3v) is 3.75. The number of ether oxygens (including phenoxy) is 1. The quantitative estimate of drug-likeness (QED) is 0.815. The highest BCUT2D eigenvalue weighted by Gasteiger charge is 2.18. The van der Waals surface area contributed by atoms with Gasteiger partial charge in [-0.25, -0.2) is 0 Å². The predicted octanol–water partition coefficient (Wildman–Crippen LogP) is 2.86. The van der Waals surface area contributed by atoms with Crippen molar-refractivity contribution in [1.29, 1.82) is 5.26 Å². The Morgan fingerprint density at radius 1 is 1.37 bits per heavy atom. The van der Waals surface area contributed by atoms with Crippen molar-refractivity contribution in [2.45, 2.75) is 26.2 Å². The number of rotatable bonds is 5. The second-order valence-corrected chi connectivity index (χ2v) is 5.09. The molecule has 1 aliphatic rings. The molecular weight excluding hydrogens is 236 g/mol. The van der Waals surface area contributed by atoms with Crippen LogP contribution in [0.4, 0.5) is 0 Å². The Labute approximate surface area is 115 Å². The van der Waals surface area contributed by atoms with Crippen LogP contribution < -0.4 is 4.74 Å². The van der Waals surface area contributed by atoms with E-state index in [1.165, 1.54) is 5.56 Å². The maximum atomic E-state index is 8.86. The van der Waals surface area contributed by atoms with E-state index >= 15 is 0 Å². The molecule has 0 bridgehead atoms. The Morgan fingerprint density at radius 3 is 2.84 bits per heavy atom. The van der Waals surface area contributed by atoms with E-state index < -0.39 is 0 Å². The summed E-state index contributed by atoms with van der Waals surface area (Å²) in [6.45, 7) is 5.88. The summed E-state index contributed by atoms with van der Waals surface area (Å²) in [5, 5.41) is 8.86. The van der Waals surface area contributed by atoms with Crippen molar-refractivity contribution in [1.82, 2.24) is 4.90 Å². The molecule has 2 rings (SSSR count). The molecule has 1 heterocycles. The molecule has 0 radical (unpaired) electrons. The summed E-state index contributed by atoms with van der Waals surface area (Å²) >= 11 is 0. The van der Waals surface area contributed by atoms with Gasteiger partial charge >= 0.3 is 0 Å². The van der Waals surface area contributed by atoms with Crippen LogP contribution in [0.2, 0.25) is 0 Å². The van der Waals surface area contributed by atoms with Crippen LogP contribution in [0.3, 0.4) is 0 Å². The summed E-state index contributed by atoms with van der Waals surface area (Å²) in [6, 6.07) is 10.7. The summed E-state index contributed by atoms with van der Waals surface area (Å²) in [4.78, 5) is 2.39. The average molecular weight is 258 g/mol. The lowest BCUT2D eigenvalue weighted by Gasteiger charge is -2.28. The van der Waals surface area contributed by atoms with Gasteiger partial charge in [0.25, 0.3) is 0 Å². The largest absolute Gasteiger partial charge is 0.492 e. The van der Waals surface area contributed by atoms with Crippen LogP contribution in [0.1, 0.15) is 25.3 Å². The van der Waals surface area contributed by atoms with Crippen molar-refractivity contribution >= 4 is 0 Å². The number of likely N-dealkylation sites (tertiary alicyclic amines) is 1. The van der Waals surface area contributed by atoms with E-state index in [1.54, 1.807) is 0 Å². The molecule has 0 spiro atoms. The minimum atomic E-state index is 0.262. The second-order valence-electron chi connectivity index (χ2n) is 5.09. The predicted molar refractivity (Wildman–Crippen MR) is 76.1 cm³/mol. The van der Waals surface area contributed by atoms with Gasteiger partial charge in [0.2, 0.25) is 0 Å². The maximum Gasteiger partial charge on any atom is 0.119 e. The highest BCUT2D eigenvalue weighted by Crippen LogP contribution is 2.16. The van der Waals surface area contributed by atoms with Crippen LogP contribution in [-0.4, -0.2) is 31.1 Å². The van der Waals surface area contributed by atoms with Crippen LogP contribution in [0.15, 0.2) is 24.3 Å². The minimum absolute atomic E-state index is 0.262. The number of nitrogens with zero attached hydrogens (tertiary/aromatic N) is 2. The summed E-state index contributed by atoms with van der Waals surface area (Å²) in [7, 11) is 0. The van der Waals surface area contributed by atoms with Crippen LogP contribution in [0, 0.1) is 17.2 Å². The summed E-state index contributed by atoms with van der Waals surface area (Å²) in [5.74, 6) is 1.23. The van der Waals surface area contributed by atoms with Crippen LogP contribution in [-0.2, 0) is 6.42 Å². The number of aryl methyl sites for hydroxylation is 1. The topological polar surface area (TPSA) is 36.3 Å². The third-order valence-electron chi connectivity index (χ3n) is 3.75. The molecule has 1 aliphatic heterocycles. The lowest BCUT2D eigenvalue weighted by Crippen LogP contribution is -2.36. The van der Waals surface area contributed by atoms with E-state index in [-0.39, 0.29) is 5.92 Å². The number of benzene rings is 1. The Bertz CT molecular complexity index is 431. The summed E-state index contributed by atoms with van der Waals surface area (Å²) in [6.07, 6.45) is 3.04. The molecule has 1 aromatic carbocycles. The van der Waals surface area contributed by atoms with Crippen molar-refractivity contribution in [2.24, 2.45) is 5.92 Å². The summed E-state index contributed by atoms with van der Waals surface area (Å²) in [5.41, 5.74) is 1.31. The Kier molecular flexibility index (Phi) is 5.23. The number of piperidine rings is 1. The Hall–Kier alpha value is -1.53. The van der Waals surface area contributed by atoms with Crippen molar-refractivity contribution in [3.8, 4) is 11.8 Å². The van der Waals surface area contributed by atoms with Crippen LogP contribution in [0.25, 0.3) is 0 Å². The zero-order valence-electron chi connectivity index (χ0n) is 11.6. The molecule has 0 aliphatic carbocycles. The van der Waals surface area contributed by atoms with Crippen LogP contribution in [0.5, 0.6) is 5.75 Å². The SMILES string of the molecule is CCc1cccc(OCCN2CCC(C#N)CC2)c1. The maximum absolute atomic E-state index is 8.86. The van der Waals surface area contributed by atoms with Gasteiger partial charge in [-0.2, -0.15) is 5.26 Å². The number of hydrogen-bond acceptors (Lipinski definition) is 3. The normalized spacial score (nSPS) is 17.1. The monoisotopic (exact) mass is 258 g/mol. The molecule has 1 fully saturated rings. The first-order valence-corrected chi connectivity index (χ1v) is 7.15. The van der Waals surface area contributed by atoms with E-state index in [0.717, 1.165) is 51.3 Å². The van der Waals surface area contributed by atoms with E-state index in [4.69, 9.17) is 10.00 Å². The van der Waals surface area contributed by atoms with Gasteiger partial charge in [0.15, 0.2) is 0 Å². The fourth-order valence-corrected chi connectivity index (χ4v) is 2.43. The first-order valence-electron chi connectivity index (χ1n) is 7.15. The van der Waals surface area contributed by atoms with E-state index in [0.29, 0.717) is 0 Å². The molecule has 0 atom stereocenters. The fraction of sp³-hybridized carbons (Fsp3) is 0.562. The van der Waals surface area contributed by atoms with E-state index in [1.807, 2.05) is 12.1 Å². The standard InChI is InChI=1S/C16H22N2O/c1-2-14-4-3-5-16(12-14)19-11-10-18-8-6-15(13-17)7-9-18/h3-5,12,15H,2,6-11H2,1H3. The van der Waals surface area contributed by atoms with E-state index in [9.17, 15) is 0 Å². The zero-order valence-corrected chi connectivity index (χ0v) is 11.6. The molecule has 0 unspecified atom stereocenters. The molecule has 0 saturated carbocycles. The molecular formula is C16H22N2O. The zero-order chi connectivity index (χ0) is 13.5. The van der Waals surface area contributed by atoms with Crippen molar-refractivity contribution in [3.05, 3.63) is 29.8 Å². The lowest BCUT2D eigenvalue weighted by molar-refractivity contribution is 0.169. The smallest absolute Gasteiger partial charge is 0.119 e. The van der Waals surface area contributed by atoms with Gasteiger partial charge in [-0.05, 0) is 50.0 Å². The van der Waals surface area contributed by atoms with Crippen molar-refractivity contribution in [3.63, 3.8) is 0 Å². The van der Waals surface area contributed by atoms with E-state index in [2.05, 4.69) is 30.0 Å². The number of nitriles is 1. The van der Waals surface area contributed by atoms with Gasteiger partial charge in [0, 0.05) is 12.5 Å².